The van der Waals surface area contributed by atoms with Crippen LogP contribution in [0.1, 0.15) is 15.9 Å². The molecule has 0 aliphatic rings. The van der Waals surface area contributed by atoms with E-state index in [-0.39, 0.29) is 12.2 Å². The Hall–Kier alpha value is -1.90. The van der Waals surface area contributed by atoms with E-state index in [9.17, 15) is 4.79 Å². The topological polar surface area (TPSA) is 30.0 Å². The van der Waals surface area contributed by atoms with Crippen molar-refractivity contribution in [2.24, 2.45) is 0 Å². The van der Waals surface area contributed by atoms with Crippen LogP contribution in [0.3, 0.4) is 0 Å². The van der Waals surface area contributed by atoms with Crippen molar-refractivity contribution in [3.8, 4) is 0 Å². The second-order valence-electron chi connectivity index (χ2n) is 4.74. The van der Waals surface area contributed by atoms with Gasteiger partial charge in [0.15, 0.2) is 5.78 Å². The van der Waals surface area contributed by atoms with E-state index in [0.717, 1.165) is 16.3 Å². The maximum Gasteiger partial charge on any atom is 0.167 e. The van der Waals surface area contributed by atoms with Crippen LogP contribution in [0, 0.1) is 0 Å². The maximum atomic E-state index is 12.5. The summed E-state index contributed by atoms with van der Waals surface area (Å²) in [6.45, 7) is 0. The average molecular weight is 316 g/mol. The average Bonchev–Trinajstić information content (AvgIpc) is 2.49. The van der Waals surface area contributed by atoms with E-state index >= 15 is 0 Å². The largest absolute Gasteiger partial charge is 0.294 e. The zero-order chi connectivity index (χ0) is 14.8. The summed E-state index contributed by atoms with van der Waals surface area (Å²) in [6.07, 6.45) is 3.67. The first-order chi connectivity index (χ1) is 10.1. The molecule has 0 spiro atoms. The SMILES string of the molecule is O=C(Cc1ccc(Cl)cc1Cl)c1cccc2ccncc12. The number of hydrogen-bond donors (Lipinski definition) is 0. The standard InChI is InChI=1S/C17H11Cl2NO/c18-13-5-4-12(16(19)9-13)8-17(21)14-3-1-2-11-6-7-20-10-15(11)14/h1-7,9-10H,8H2. The number of nitrogens with zero attached hydrogens (tertiary/aromatic N) is 1. The monoisotopic (exact) mass is 315 g/mol. The first-order valence-electron chi connectivity index (χ1n) is 6.45. The molecular weight excluding hydrogens is 305 g/mol. The van der Waals surface area contributed by atoms with Gasteiger partial charge in [0.2, 0.25) is 0 Å². The van der Waals surface area contributed by atoms with E-state index in [4.69, 9.17) is 23.2 Å². The molecule has 2 nitrogen and oxygen atoms in total. The lowest BCUT2D eigenvalue weighted by Gasteiger charge is -2.07. The van der Waals surface area contributed by atoms with Gasteiger partial charge in [-0.25, -0.2) is 0 Å². The highest BCUT2D eigenvalue weighted by molar-refractivity contribution is 6.35. The normalized spacial score (nSPS) is 10.8. The molecular formula is C17H11Cl2NO. The highest BCUT2D eigenvalue weighted by atomic mass is 35.5. The minimum atomic E-state index is 0.0119. The van der Waals surface area contributed by atoms with Crippen LogP contribution in [0.5, 0.6) is 0 Å². The van der Waals surface area contributed by atoms with Crippen molar-refractivity contribution >= 4 is 39.8 Å². The van der Waals surface area contributed by atoms with Gasteiger partial charge in [0.25, 0.3) is 0 Å². The first-order valence-corrected chi connectivity index (χ1v) is 7.20. The number of ketones is 1. The third-order valence-corrected chi connectivity index (χ3v) is 3.94. The van der Waals surface area contributed by atoms with E-state index in [1.54, 1.807) is 30.6 Å². The number of Topliss-reactive ketones (excluding diaryl/α,β-unsaturated/α-hetero) is 1. The van der Waals surface area contributed by atoms with Gasteiger partial charge in [-0.05, 0) is 29.1 Å². The maximum absolute atomic E-state index is 12.5. The predicted octanol–water partition coefficient (Wildman–Crippen LogP) is 4.97. The molecule has 0 amide bonds. The lowest BCUT2D eigenvalue weighted by atomic mass is 9.98. The van der Waals surface area contributed by atoms with Crippen LogP contribution in [-0.2, 0) is 6.42 Å². The number of rotatable bonds is 3. The second-order valence-corrected chi connectivity index (χ2v) is 5.58. The number of carbonyl (C=O) groups excluding carboxylic acids is 1. The molecule has 0 atom stereocenters. The fourth-order valence-corrected chi connectivity index (χ4v) is 2.77. The third kappa shape index (κ3) is 2.92. The molecule has 0 N–H and O–H groups in total. The predicted molar refractivity (Wildman–Crippen MR) is 86.2 cm³/mol. The van der Waals surface area contributed by atoms with Gasteiger partial charge in [-0.15, -0.1) is 0 Å². The summed E-state index contributed by atoms with van der Waals surface area (Å²) in [4.78, 5) is 16.6. The summed E-state index contributed by atoms with van der Waals surface area (Å²) in [5, 5.41) is 2.92. The van der Waals surface area contributed by atoms with Gasteiger partial charge in [0, 0.05) is 39.8 Å². The van der Waals surface area contributed by atoms with Gasteiger partial charge in [-0.2, -0.15) is 0 Å². The molecule has 4 heteroatoms. The molecule has 2 aromatic carbocycles. The minimum Gasteiger partial charge on any atom is -0.294 e. The van der Waals surface area contributed by atoms with E-state index in [0.29, 0.717) is 15.6 Å². The summed E-state index contributed by atoms with van der Waals surface area (Å²) < 4.78 is 0. The molecule has 0 saturated carbocycles. The highest BCUT2D eigenvalue weighted by Gasteiger charge is 2.13. The molecule has 0 aliphatic carbocycles. The molecule has 1 heterocycles. The van der Waals surface area contributed by atoms with Crippen molar-refractivity contribution in [3.05, 3.63) is 76.0 Å². The number of carbonyl (C=O) groups is 1. The van der Waals surface area contributed by atoms with Crippen LogP contribution < -0.4 is 0 Å². The molecule has 0 bridgehead atoms. The minimum absolute atomic E-state index is 0.0119. The van der Waals surface area contributed by atoms with Crippen molar-refractivity contribution in [1.82, 2.24) is 4.98 Å². The van der Waals surface area contributed by atoms with E-state index in [1.807, 2.05) is 24.3 Å². The van der Waals surface area contributed by atoms with Crippen LogP contribution in [-0.4, -0.2) is 10.8 Å². The fraction of sp³-hybridized carbons (Fsp3) is 0.0588. The van der Waals surface area contributed by atoms with E-state index in [1.165, 1.54) is 0 Å². The zero-order valence-electron chi connectivity index (χ0n) is 11.0. The molecule has 0 saturated heterocycles. The highest BCUT2D eigenvalue weighted by Crippen LogP contribution is 2.24. The number of fused-ring (bicyclic) bond motifs is 1. The van der Waals surface area contributed by atoms with Crippen molar-refractivity contribution in [3.63, 3.8) is 0 Å². The molecule has 3 aromatic rings. The number of pyridine rings is 1. The van der Waals surface area contributed by atoms with Crippen LogP contribution in [0.2, 0.25) is 10.0 Å². The molecule has 0 radical (unpaired) electrons. The van der Waals surface area contributed by atoms with Crippen LogP contribution in [0.25, 0.3) is 10.8 Å². The Morgan fingerprint density at radius 2 is 1.95 bits per heavy atom. The number of benzene rings is 2. The van der Waals surface area contributed by atoms with Crippen LogP contribution in [0.15, 0.2) is 54.9 Å². The number of hydrogen-bond acceptors (Lipinski definition) is 2. The summed E-state index contributed by atoms with van der Waals surface area (Å²) in [6, 6.07) is 12.7. The first kappa shape index (κ1) is 14.1. The van der Waals surface area contributed by atoms with Gasteiger partial charge >= 0.3 is 0 Å². The Balaban J connectivity index is 1.97. The molecule has 1 aromatic heterocycles. The van der Waals surface area contributed by atoms with Crippen molar-refractivity contribution < 1.29 is 4.79 Å². The van der Waals surface area contributed by atoms with Gasteiger partial charge in [-0.3, -0.25) is 9.78 Å². The van der Waals surface area contributed by atoms with E-state index < -0.39 is 0 Å². The Kier molecular flexibility index (Phi) is 3.91. The molecule has 0 aliphatic heterocycles. The molecule has 3 rings (SSSR count). The summed E-state index contributed by atoms with van der Waals surface area (Å²) in [7, 11) is 0. The quantitative estimate of drug-likeness (QED) is 0.639. The number of halogens is 2. The van der Waals surface area contributed by atoms with Crippen molar-refractivity contribution in [2.75, 3.05) is 0 Å². The molecule has 0 unspecified atom stereocenters. The van der Waals surface area contributed by atoms with E-state index in [2.05, 4.69) is 4.98 Å². The Bertz CT molecular complexity index is 825. The molecule has 0 fully saturated rings. The van der Waals surface area contributed by atoms with Crippen LogP contribution in [0.4, 0.5) is 0 Å². The lowest BCUT2D eigenvalue weighted by Crippen LogP contribution is -2.05. The summed E-state index contributed by atoms with van der Waals surface area (Å²) in [5.41, 5.74) is 1.43. The smallest absolute Gasteiger partial charge is 0.167 e. The molecule has 21 heavy (non-hydrogen) atoms. The second kappa shape index (κ2) is 5.84. The Morgan fingerprint density at radius 1 is 1.10 bits per heavy atom. The number of aromatic nitrogens is 1. The third-order valence-electron chi connectivity index (χ3n) is 3.35. The summed E-state index contributed by atoms with van der Waals surface area (Å²) >= 11 is 12.0. The van der Waals surface area contributed by atoms with Gasteiger partial charge < -0.3 is 0 Å². The van der Waals surface area contributed by atoms with Gasteiger partial charge in [0.1, 0.15) is 0 Å². The molecule has 104 valence electrons. The van der Waals surface area contributed by atoms with Gasteiger partial charge in [-0.1, -0.05) is 47.5 Å². The van der Waals surface area contributed by atoms with Crippen LogP contribution >= 0.6 is 23.2 Å². The summed E-state index contributed by atoms with van der Waals surface area (Å²) in [5.74, 6) is 0.0119. The van der Waals surface area contributed by atoms with Crippen molar-refractivity contribution in [2.45, 2.75) is 6.42 Å². The van der Waals surface area contributed by atoms with Gasteiger partial charge in [0.05, 0.1) is 0 Å². The Labute approximate surface area is 132 Å². The van der Waals surface area contributed by atoms with Crippen molar-refractivity contribution in [1.29, 1.82) is 0 Å². The fourth-order valence-electron chi connectivity index (χ4n) is 2.29. The lowest BCUT2D eigenvalue weighted by molar-refractivity contribution is 0.0994. The zero-order valence-corrected chi connectivity index (χ0v) is 12.5. The Morgan fingerprint density at radius 3 is 2.76 bits per heavy atom.